The summed E-state index contributed by atoms with van der Waals surface area (Å²) < 4.78 is 0. The number of aliphatic carboxylic acids is 1. The maximum Gasteiger partial charge on any atom is 0.326 e. The van der Waals surface area contributed by atoms with Crippen LogP contribution in [0.3, 0.4) is 0 Å². The van der Waals surface area contributed by atoms with E-state index in [4.69, 9.17) is 0 Å². The number of aromatic nitrogens is 2. The van der Waals surface area contributed by atoms with Gasteiger partial charge in [0.1, 0.15) is 6.04 Å². The number of hydrogen-bond donors (Lipinski definition) is 3. The summed E-state index contributed by atoms with van der Waals surface area (Å²) in [5, 5.41) is 11.8. The molecule has 6 nitrogen and oxygen atoms in total. The molecule has 3 N–H and O–H groups in total. The molecule has 0 fully saturated rings. The van der Waals surface area contributed by atoms with Gasteiger partial charge in [-0.1, -0.05) is 67.7 Å². The van der Waals surface area contributed by atoms with E-state index in [0.29, 0.717) is 18.5 Å². The van der Waals surface area contributed by atoms with E-state index < -0.39 is 12.0 Å². The molecule has 32 heavy (non-hydrogen) atoms. The molecule has 0 spiro atoms. The van der Waals surface area contributed by atoms with Crippen molar-refractivity contribution in [3.63, 3.8) is 0 Å². The predicted molar refractivity (Wildman–Crippen MR) is 130 cm³/mol. The fraction of sp³-hybridized carbons (Fsp3) is 0.423. The summed E-state index contributed by atoms with van der Waals surface area (Å²) in [4.78, 5) is 30.0. The molecule has 1 rings (SSSR count). The summed E-state index contributed by atoms with van der Waals surface area (Å²) in [7, 11) is 0. The van der Waals surface area contributed by atoms with Crippen molar-refractivity contribution in [2.45, 2.75) is 70.8 Å². The van der Waals surface area contributed by atoms with Crippen LogP contribution in [0.1, 0.15) is 64.0 Å². The van der Waals surface area contributed by atoms with Crippen LogP contribution in [0.25, 0.3) is 0 Å². The van der Waals surface area contributed by atoms with Gasteiger partial charge < -0.3 is 15.4 Å². The number of carboxylic acid groups (broad SMARTS) is 1. The van der Waals surface area contributed by atoms with Crippen LogP contribution in [0.2, 0.25) is 0 Å². The first-order chi connectivity index (χ1) is 15.6. The van der Waals surface area contributed by atoms with Crippen molar-refractivity contribution in [2.75, 3.05) is 0 Å². The number of nitrogens with one attached hydrogen (secondary N) is 2. The van der Waals surface area contributed by atoms with Crippen molar-refractivity contribution < 1.29 is 14.7 Å². The summed E-state index contributed by atoms with van der Waals surface area (Å²) >= 11 is 0. The smallest absolute Gasteiger partial charge is 0.326 e. The zero-order chi connectivity index (χ0) is 23.3. The van der Waals surface area contributed by atoms with Crippen LogP contribution in [0, 0.1) is 0 Å². The third-order valence-electron chi connectivity index (χ3n) is 4.54. The van der Waals surface area contributed by atoms with E-state index in [2.05, 4.69) is 83.0 Å². The lowest BCUT2D eigenvalue weighted by Crippen LogP contribution is -2.42. The highest BCUT2D eigenvalue weighted by molar-refractivity contribution is 5.83. The lowest BCUT2D eigenvalue weighted by atomic mass is 10.1. The zero-order valence-electron chi connectivity index (χ0n) is 19.1. The monoisotopic (exact) mass is 439 g/mol. The molecule has 0 saturated heterocycles. The van der Waals surface area contributed by atoms with Gasteiger partial charge in [0.05, 0.1) is 6.33 Å². The van der Waals surface area contributed by atoms with Gasteiger partial charge in [-0.15, -0.1) is 0 Å². The first-order valence-corrected chi connectivity index (χ1v) is 11.4. The van der Waals surface area contributed by atoms with Crippen molar-refractivity contribution in [3.05, 3.63) is 79.0 Å². The Hall–Kier alpha value is -3.15. The largest absolute Gasteiger partial charge is 0.480 e. The summed E-state index contributed by atoms with van der Waals surface area (Å²) in [6, 6.07) is -0.948. The van der Waals surface area contributed by atoms with E-state index in [1.165, 1.54) is 6.33 Å². The van der Waals surface area contributed by atoms with Crippen LogP contribution in [0.5, 0.6) is 0 Å². The Kier molecular flexibility index (Phi) is 15.6. The molecule has 1 aromatic heterocycles. The number of unbranched alkanes of at least 4 members (excludes halogenated alkanes) is 1. The molecule has 1 amide bonds. The SMILES string of the molecule is CC/C=C\C/C=C\C/C=C\C/C=C\C/C=C\CCCC(=O)N[C@@H](Cc1cnc[nH]1)C(=O)O. The number of nitrogens with zero attached hydrogens (tertiary/aromatic N) is 1. The Labute approximate surface area is 191 Å². The minimum Gasteiger partial charge on any atom is -0.480 e. The minimum absolute atomic E-state index is 0.190. The van der Waals surface area contributed by atoms with Gasteiger partial charge in [-0.2, -0.15) is 0 Å². The fourth-order valence-corrected chi connectivity index (χ4v) is 2.83. The van der Waals surface area contributed by atoms with Gasteiger partial charge in [0.25, 0.3) is 0 Å². The molecule has 1 aromatic rings. The summed E-state index contributed by atoms with van der Waals surface area (Å²) in [5.41, 5.74) is 0.677. The van der Waals surface area contributed by atoms with Gasteiger partial charge in [-0.25, -0.2) is 9.78 Å². The molecular weight excluding hydrogens is 402 g/mol. The first-order valence-electron chi connectivity index (χ1n) is 11.4. The van der Waals surface area contributed by atoms with Crippen molar-refractivity contribution in [3.8, 4) is 0 Å². The summed E-state index contributed by atoms with van der Waals surface area (Å²) in [6.07, 6.45) is 31.4. The number of carbonyl (C=O) groups excluding carboxylic acids is 1. The Bertz CT molecular complexity index is 774. The first kappa shape index (κ1) is 26.9. The van der Waals surface area contributed by atoms with Gasteiger partial charge in [-0.3, -0.25) is 4.79 Å². The minimum atomic E-state index is -1.05. The van der Waals surface area contributed by atoms with Crippen molar-refractivity contribution >= 4 is 11.9 Å². The summed E-state index contributed by atoms with van der Waals surface area (Å²) in [5.74, 6) is -1.30. The molecule has 0 aliphatic carbocycles. The van der Waals surface area contributed by atoms with Crippen molar-refractivity contribution in [2.24, 2.45) is 0 Å². The number of imidazole rings is 1. The lowest BCUT2D eigenvalue weighted by Gasteiger charge is -2.13. The van der Waals surface area contributed by atoms with Crippen LogP contribution in [0.4, 0.5) is 0 Å². The molecule has 0 bridgehead atoms. The Morgan fingerprint density at radius 1 is 0.969 bits per heavy atom. The highest BCUT2D eigenvalue weighted by Crippen LogP contribution is 2.03. The maximum absolute atomic E-state index is 12.0. The van der Waals surface area contributed by atoms with Crippen LogP contribution in [0.15, 0.2) is 73.3 Å². The Balaban J connectivity index is 2.07. The predicted octanol–water partition coefficient (Wildman–Crippen LogP) is 5.44. The molecule has 0 saturated carbocycles. The molecule has 0 aliphatic rings. The molecule has 0 aliphatic heterocycles. The van der Waals surface area contributed by atoms with E-state index >= 15 is 0 Å². The third-order valence-corrected chi connectivity index (χ3v) is 4.54. The third kappa shape index (κ3) is 14.8. The zero-order valence-corrected chi connectivity index (χ0v) is 19.1. The van der Waals surface area contributed by atoms with Crippen LogP contribution in [-0.2, 0) is 16.0 Å². The molecule has 0 radical (unpaired) electrons. The second-order valence-corrected chi connectivity index (χ2v) is 7.34. The topological polar surface area (TPSA) is 95.1 Å². The molecule has 1 atom stereocenters. The molecular formula is C26H37N3O3. The van der Waals surface area contributed by atoms with E-state index in [1.807, 2.05) is 0 Å². The molecule has 1 heterocycles. The normalized spacial score (nSPS) is 13.3. The molecule has 0 aromatic carbocycles. The highest BCUT2D eigenvalue weighted by atomic mass is 16.4. The second-order valence-electron chi connectivity index (χ2n) is 7.34. The van der Waals surface area contributed by atoms with E-state index in [0.717, 1.165) is 38.5 Å². The number of rotatable bonds is 17. The van der Waals surface area contributed by atoms with E-state index in [1.54, 1.807) is 6.20 Å². The van der Waals surface area contributed by atoms with Crippen LogP contribution < -0.4 is 5.32 Å². The Morgan fingerprint density at radius 2 is 1.53 bits per heavy atom. The number of carbonyl (C=O) groups is 2. The van der Waals surface area contributed by atoms with Gasteiger partial charge in [-0.05, 0) is 44.9 Å². The average molecular weight is 440 g/mol. The molecule has 6 heteroatoms. The standard InChI is InChI=1S/C26H37N3O3/c1-2-3-4-5-6-7-8-9-10-11-12-13-14-15-16-17-18-19-25(30)29-24(26(31)32)20-23-21-27-22-28-23/h3-4,6-7,9-10,12-13,15-16,21-22,24H,2,5,8,11,14,17-20H2,1H3,(H,27,28)(H,29,30)(H,31,32)/b4-3-,7-6-,10-9-,13-12-,16-15-/t24-/m0/s1. The second kappa shape index (κ2) is 18.6. The fourth-order valence-electron chi connectivity index (χ4n) is 2.83. The van der Waals surface area contributed by atoms with Crippen LogP contribution >= 0.6 is 0 Å². The average Bonchev–Trinajstić information content (AvgIpc) is 3.28. The van der Waals surface area contributed by atoms with Gasteiger partial charge >= 0.3 is 5.97 Å². The number of H-pyrrole nitrogens is 1. The number of amides is 1. The van der Waals surface area contributed by atoms with Crippen molar-refractivity contribution in [1.82, 2.24) is 15.3 Å². The van der Waals surface area contributed by atoms with E-state index in [9.17, 15) is 14.7 Å². The number of aromatic amines is 1. The van der Waals surface area contributed by atoms with Gasteiger partial charge in [0.15, 0.2) is 0 Å². The van der Waals surface area contributed by atoms with Gasteiger partial charge in [0.2, 0.25) is 5.91 Å². The number of carboxylic acids is 1. The van der Waals surface area contributed by atoms with Crippen LogP contribution in [-0.4, -0.2) is 33.0 Å². The number of allylic oxidation sites excluding steroid dienone is 10. The van der Waals surface area contributed by atoms with Crippen molar-refractivity contribution in [1.29, 1.82) is 0 Å². The lowest BCUT2D eigenvalue weighted by molar-refractivity contribution is -0.141. The van der Waals surface area contributed by atoms with E-state index in [-0.39, 0.29) is 12.3 Å². The highest BCUT2D eigenvalue weighted by Gasteiger charge is 2.20. The quantitative estimate of drug-likeness (QED) is 0.222. The molecule has 174 valence electrons. The van der Waals surface area contributed by atoms with Gasteiger partial charge in [0, 0.05) is 24.7 Å². The molecule has 0 unspecified atom stereocenters. The summed E-state index contributed by atoms with van der Waals surface area (Å²) in [6.45, 7) is 2.14. The maximum atomic E-state index is 12.0. The Morgan fingerprint density at radius 3 is 2.03 bits per heavy atom. The number of hydrogen-bond acceptors (Lipinski definition) is 3.